The average molecular weight is 506 g/mol. The molecule has 13 heteroatoms. The smallest absolute Gasteiger partial charge is 0.384 e. The number of hydrogen-bond donors (Lipinski definition) is 1. The second-order valence-corrected chi connectivity index (χ2v) is 8.04. The first kappa shape index (κ1) is 24.2. The van der Waals surface area contributed by atoms with Crippen molar-refractivity contribution in [2.24, 2.45) is 0 Å². The number of pyridine rings is 1. The Balaban J connectivity index is 1.77. The van der Waals surface area contributed by atoms with E-state index in [1.54, 1.807) is 4.90 Å². The molecule has 0 aliphatic carbocycles. The summed E-state index contributed by atoms with van der Waals surface area (Å²) >= 11 is 6.40. The molecule has 1 aromatic carbocycles. The highest BCUT2D eigenvalue weighted by Crippen LogP contribution is 2.41. The van der Waals surface area contributed by atoms with Gasteiger partial charge < -0.3 is 10.6 Å². The van der Waals surface area contributed by atoms with Crippen LogP contribution in [-0.4, -0.2) is 51.6 Å². The van der Waals surface area contributed by atoms with Gasteiger partial charge in [-0.05, 0) is 24.3 Å². The quantitative estimate of drug-likeness (QED) is 0.324. The maximum Gasteiger partial charge on any atom is 0.418 e. The molecule has 1 amide bonds. The van der Waals surface area contributed by atoms with Gasteiger partial charge in [-0.15, -0.1) is 0 Å². The Kier molecular flexibility index (Phi) is 6.21. The van der Waals surface area contributed by atoms with Crippen molar-refractivity contribution in [1.82, 2.24) is 19.9 Å². The normalized spacial score (nSPS) is 16.3. The molecule has 1 aliphatic heterocycles. The molecular weight excluding hydrogens is 490 g/mol. The second kappa shape index (κ2) is 8.99. The topological polar surface area (TPSA) is 92.6 Å². The molecule has 0 saturated carbocycles. The van der Waals surface area contributed by atoms with E-state index in [1.807, 2.05) is 0 Å². The third kappa shape index (κ3) is 4.54. The molecule has 0 bridgehead atoms. The van der Waals surface area contributed by atoms with E-state index < -0.39 is 35.3 Å². The number of rotatable bonds is 3. The first-order chi connectivity index (χ1) is 16.5. The highest BCUT2D eigenvalue weighted by atomic mass is 35.5. The zero-order valence-corrected chi connectivity index (χ0v) is 18.6. The Morgan fingerprint density at radius 1 is 1.26 bits per heavy atom. The lowest BCUT2D eigenvalue weighted by Crippen LogP contribution is -2.54. The number of anilines is 2. The molecule has 0 unspecified atom stereocenters. The molecule has 3 aromatic rings. The summed E-state index contributed by atoms with van der Waals surface area (Å²) in [6, 6.07) is 4.67. The number of alkyl halides is 3. The highest BCUT2D eigenvalue weighted by Gasteiger charge is 2.37. The number of nitrogens with zero attached hydrogens (tertiary/aromatic N) is 6. The average Bonchev–Trinajstić information content (AvgIpc) is 2.81. The van der Waals surface area contributed by atoms with Crippen LogP contribution in [0.5, 0.6) is 0 Å². The standard InChI is InChI=1S/C22H16ClF4N7O/c1-11(24)21(35)34-6-5-33(9-18(34)29-2)20-13-7-15(23)12(8-16(13)30-10-31-20)19-14(22(25,26)27)3-4-17(28)32-19/h3-4,7-8,10,18H,1,5-6,9H2,(H2,28,32)/t18-/m0/s1. The molecule has 1 saturated heterocycles. The zero-order valence-electron chi connectivity index (χ0n) is 17.9. The first-order valence-electron chi connectivity index (χ1n) is 10.1. The van der Waals surface area contributed by atoms with Crippen molar-refractivity contribution in [1.29, 1.82) is 0 Å². The van der Waals surface area contributed by atoms with Gasteiger partial charge in [0.25, 0.3) is 5.91 Å². The number of halogens is 5. The summed E-state index contributed by atoms with van der Waals surface area (Å²) < 4.78 is 54.1. The predicted octanol–water partition coefficient (Wildman–Crippen LogP) is 4.32. The lowest BCUT2D eigenvalue weighted by Gasteiger charge is -2.35. The minimum atomic E-state index is -4.69. The van der Waals surface area contributed by atoms with Crippen molar-refractivity contribution < 1.29 is 22.4 Å². The molecule has 0 spiro atoms. The molecule has 2 N–H and O–H groups in total. The van der Waals surface area contributed by atoms with Crippen molar-refractivity contribution in [2.45, 2.75) is 12.3 Å². The molecule has 8 nitrogen and oxygen atoms in total. The third-order valence-electron chi connectivity index (χ3n) is 5.48. The molecule has 3 heterocycles. The van der Waals surface area contributed by atoms with Crippen LogP contribution in [0.25, 0.3) is 27.0 Å². The van der Waals surface area contributed by atoms with Gasteiger partial charge in [-0.3, -0.25) is 14.5 Å². The van der Waals surface area contributed by atoms with Crippen molar-refractivity contribution in [3.05, 3.63) is 65.0 Å². The maximum atomic E-state index is 13.6. The van der Waals surface area contributed by atoms with E-state index in [0.29, 0.717) is 11.2 Å². The highest BCUT2D eigenvalue weighted by molar-refractivity contribution is 6.34. The van der Waals surface area contributed by atoms with Crippen molar-refractivity contribution >= 4 is 40.0 Å². The summed E-state index contributed by atoms with van der Waals surface area (Å²) in [7, 11) is 0. The predicted molar refractivity (Wildman–Crippen MR) is 122 cm³/mol. The maximum absolute atomic E-state index is 13.6. The second-order valence-electron chi connectivity index (χ2n) is 7.64. The van der Waals surface area contributed by atoms with E-state index in [-0.39, 0.29) is 41.6 Å². The van der Waals surface area contributed by atoms with Crippen molar-refractivity contribution in [3.63, 3.8) is 0 Å². The van der Waals surface area contributed by atoms with Gasteiger partial charge >= 0.3 is 12.3 Å². The summed E-state index contributed by atoms with van der Waals surface area (Å²) in [4.78, 5) is 30.5. The number of aromatic nitrogens is 3. The number of carbonyl (C=O) groups excluding carboxylic acids is 1. The molecule has 35 heavy (non-hydrogen) atoms. The Hall–Kier alpha value is -3.98. The van der Waals surface area contributed by atoms with Gasteiger partial charge in [0.2, 0.25) is 0 Å². The molecule has 180 valence electrons. The Labute approximate surface area is 201 Å². The number of hydrogen-bond acceptors (Lipinski definition) is 6. The van der Waals surface area contributed by atoms with Crippen LogP contribution < -0.4 is 10.6 Å². The summed E-state index contributed by atoms with van der Waals surface area (Å²) in [5, 5.41) is 0.374. The number of piperazine rings is 1. The molecule has 0 radical (unpaired) electrons. The van der Waals surface area contributed by atoms with E-state index in [1.165, 1.54) is 18.5 Å². The number of nitrogens with two attached hydrogens (primary N) is 1. The molecule has 1 fully saturated rings. The molecule has 1 aliphatic rings. The van der Waals surface area contributed by atoms with Gasteiger partial charge in [0.1, 0.15) is 24.5 Å². The molecule has 4 rings (SSSR count). The summed E-state index contributed by atoms with van der Waals surface area (Å²) in [5.41, 5.74) is 4.46. The van der Waals surface area contributed by atoms with E-state index >= 15 is 0 Å². The fraction of sp³-hybridized carbons (Fsp3) is 0.227. The summed E-state index contributed by atoms with van der Waals surface area (Å²) in [6.45, 7) is 10.7. The fourth-order valence-corrected chi connectivity index (χ4v) is 4.12. The molecule has 1 atom stereocenters. The zero-order chi connectivity index (χ0) is 25.5. The minimum absolute atomic E-state index is 0.0145. The largest absolute Gasteiger partial charge is 0.418 e. The van der Waals surface area contributed by atoms with E-state index in [9.17, 15) is 22.4 Å². The van der Waals surface area contributed by atoms with Crippen LogP contribution in [0.3, 0.4) is 0 Å². The van der Waals surface area contributed by atoms with Gasteiger partial charge in [0.05, 0.1) is 21.8 Å². The Bertz CT molecular complexity index is 1390. The Morgan fingerprint density at radius 2 is 2.00 bits per heavy atom. The van der Waals surface area contributed by atoms with Gasteiger partial charge in [0.15, 0.2) is 5.83 Å². The number of benzene rings is 1. The Morgan fingerprint density at radius 3 is 2.66 bits per heavy atom. The molecule has 2 aromatic heterocycles. The van der Waals surface area contributed by atoms with Crippen LogP contribution in [0.15, 0.2) is 43.0 Å². The third-order valence-corrected chi connectivity index (χ3v) is 5.79. The van der Waals surface area contributed by atoms with Gasteiger partial charge in [-0.1, -0.05) is 18.2 Å². The van der Waals surface area contributed by atoms with Crippen LogP contribution in [-0.2, 0) is 11.0 Å². The van der Waals surface area contributed by atoms with Crippen LogP contribution in [0.1, 0.15) is 5.56 Å². The number of fused-ring (bicyclic) bond motifs is 1. The summed E-state index contributed by atoms with van der Waals surface area (Å²) in [5.74, 6) is -1.87. The minimum Gasteiger partial charge on any atom is -0.384 e. The lowest BCUT2D eigenvalue weighted by molar-refractivity contribution is -0.137. The van der Waals surface area contributed by atoms with E-state index in [2.05, 4.69) is 26.4 Å². The monoisotopic (exact) mass is 505 g/mol. The van der Waals surface area contributed by atoms with Crippen LogP contribution in [0.4, 0.5) is 29.2 Å². The van der Waals surface area contributed by atoms with Crippen LogP contribution >= 0.6 is 11.6 Å². The number of amides is 1. The van der Waals surface area contributed by atoms with Gasteiger partial charge in [0, 0.05) is 24.0 Å². The SMILES string of the molecule is [C-]#[N+][C@@H]1CN(c2ncnc3cc(-c4nc(N)ccc4C(F)(F)F)c(Cl)cc23)CCN1C(=O)C(=C)F. The van der Waals surface area contributed by atoms with Crippen molar-refractivity contribution in [2.75, 3.05) is 30.3 Å². The van der Waals surface area contributed by atoms with Crippen LogP contribution in [0, 0.1) is 6.57 Å². The van der Waals surface area contributed by atoms with Crippen molar-refractivity contribution in [3.8, 4) is 11.3 Å². The lowest BCUT2D eigenvalue weighted by atomic mass is 10.0. The van der Waals surface area contributed by atoms with E-state index in [0.717, 1.165) is 17.0 Å². The van der Waals surface area contributed by atoms with Crippen LogP contribution in [0.2, 0.25) is 5.02 Å². The first-order valence-corrected chi connectivity index (χ1v) is 10.4. The summed E-state index contributed by atoms with van der Waals surface area (Å²) in [6.07, 6.45) is -4.46. The fourth-order valence-electron chi connectivity index (χ4n) is 3.86. The van der Waals surface area contributed by atoms with Gasteiger partial charge in [-0.25, -0.2) is 25.9 Å². The number of nitrogen functional groups attached to an aromatic ring is 1. The van der Waals surface area contributed by atoms with E-state index in [4.69, 9.17) is 23.9 Å². The van der Waals surface area contributed by atoms with Gasteiger partial charge in [-0.2, -0.15) is 13.2 Å². The number of carbonyl (C=O) groups is 1. The molecular formula is C22H16ClF4N7O.